The van der Waals surface area contributed by atoms with E-state index in [9.17, 15) is 4.79 Å². The van der Waals surface area contributed by atoms with Gasteiger partial charge in [0.2, 0.25) is 5.91 Å². The summed E-state index contributed by atoms with van der Waals surface area (Å²) in [4.78, 5) is 29.3. The first-order valence-corrected chi connectivity index (χ1v) is 11.4. The van der Waals surface area contributed by atoms with Gasteiger partial charge in [0.25, 0.3) is 0 Å². The summed E-state index contributed by atoms with van der Waals surface area (Å²) < 4.78 is 0. The van der Waals surface area contributed by atoms with E-state index < -0.39 is 0 Å². The number of carbonyl (C=O) groups is 1. The summed E-state index contributed by atoms with van der Waals surface area (Å²) in [6.07, 6.45) is 9.13. The second-order valence-electron chi connectivity index (χ2n) is 10.3. The summed E-state index contributed by atoms with van der Waals surface area (Å²) >= 11 is 0. The van der Waals surface area contributed by atoms with Gasteiger partial charge >= 0.3 is 0 Å². The number of carbonyl (C=O) groups excluding carboxylic acids is 1. The minimum atomic E-state index is -0.0445. The lowest BCUT2D eigenvalue weighted by molar-refractivity contribution is -0.117. The molecule has 0 bridgehead atoms. The van der Waals surface area contributed by atoms with Crippen LogP contribution < -0.4 is 16.2 Å². The molecule has 3 aromatic rings. The van der Waals surface area contributed by atoms with Crippen molar-refractivity contribution in [1.29, 1.82) is 0 Å². The van der Waals surface area contributed by atoms with Gasteiger partial charge in [0.1, 0.15) is 5.82 Å². The molecule has 0 radical (unpaired) electrons. The summed E-state index contributed by atoms with van der Waals surface area (Å²) in [5, 5.41) is 3.03. The molecule has 2 fully saturated rings. The highest BCUT2D eigenvalue weighted by atomic mass is 16.1. The van der Waals surface area contributed by atoms with Crippen molar-refractivity contribution in [1.82, 2.24) is 30.8 Å². The largest absolute Gasteiger partial charge is 0.339 e. The quantitative estimate of drug-likeness (QED) is 0.498. The summed E-state index contributed by atoms with van der Waals surface area (Å²) in [5.74, 6) is 1.77. The zero-order valence-corrected chi connectivity index (χ0v) is 18.9. The van der Waals surface area contributed by atoms with E-state index in [1.54, 1.807) is 12.4 Å². The molecule has 1 saturated carbocycles. The van der Waals surface area contributed by atoms with E-state index in [0.29, 0.717) is 24.3 Å². The molecule has 2 aliphatic rings. The monoisotopic (exact) mass is 433 g/mol. The van der Waals surface area contributed by atoms with Gasteiger partial charge in [0.05, 0.1) is 23.4 Å². The van der Waals surface area contributed by atoms with Crippen molar-refractivity contribution in [2.45, 2.75) is 64.5 Å². The Balaban J connectivity index is 1.31. The summed E-state index contributed by atoms with van der Waals surface area (Å²) in [7, 11) is 0. The van der Waals surface area contributed by atoms with Gasteiger partial charge in [0.15, 0.2) is 5.65 Å². The number of imidazole rings is 1. The van der Waals surface area contributed by atoms with E-state index >= 15 is 0 Å². The number of aromatic amines is 1. The van der Waals surface area contributed by atoms with Gasteiger partial charge in [-0.25, -0.2) is 15.4 Å². The van der Waals surface area contributed by atoms with Crippen molar-refractivity contribution in [2.75, 3.05) is 5.32 Å². The van der Waals surface area contributed by atoms with Crippen LogP contribution in [0.5, 0.6) is 0 Å². The highest BCUT2D eigenvalue weighted by Crippen LogP contribution is 2.43. The highest BCUT2D eigenvalue weighted by molar-refractivity contribution is 5.91. The third kappa shape index (κ3) is 4.38. The van der Waals surface area contributed by atoms with Crippen LogP contribution in [0.2, 0.25) is 0 Å². The van der Waals surface area contributed by atoms with Gasteiger partial charge < -0.3 is 10.3 Å². The number of pyridine rings is 2. The Labute approximate surface area is 188 Å². The molecule has 1 amide bonds. The second-order valence-corrected chi connectivity index (χ2v) is 10.3. The lowest BCUT2D eigenvalue weighted by Crippen LogP contribution is -2.34. The Kier molecular flexibility index (Phi) is 5.43. The average molecular weight is 434 g/mol. The Morgan fingerprint density at radius 1 is 1.22 bits per heavy atom. The van der Waals surface area contributed by atoms with Gasteiger partial charge in [-0.1, -0.05) is 20.8 Å². The number of amides is 1. The molecule has 3 aromatic heterocycles. The number of rotatable bonds is 4. The number of H-pyrrole nitrogens is 1. The van der Waals surface area contributed by atoms with E-state index in [1.807, 2.05) is 18.3 Å². The first-order valence-electron chi connectivity index (χ1n) is 11.4. The number of hydrazine groups is 1. The molecular weight excluding hydrogens is 402 g/mol. The number of hydrogen-bond donors (Lipinski definition) is 4. The van der Waals surface area contributed by atoms with Crippen molar-refractivity contribution in [3.8, 4) is 0 Å². The zero-order valence-electron chi connectivity index (χ0n) is 18.9. The maximum atomic E-state index is 12.4. The van der Waals surface area contributed by atoms with E-state index in [4.69, 9.17) is 4.98 Å². The van der Waals surface area contributed by atoms with Crippen LogP contribution in [0.25, 0.3) is 11.2 Å². The molecule has 8 heteroatoms. The van der Waals surface area contributed by atoms with Crippen LogP contribution in [0, 0.1) is 11.3 Å². The number of nitrogens with one attached hydrogen (secondary N) is 4. The molecule has 0 spiro atoms. The first-order chi connectivity index (χ1) is 15.4. The van der Waals surface area contributed by atoms with Crippen molar-refractivity contribution in [3.63, 3.8) is 0 Å². The van der Waals surface area contributed by atoms with Crippen molar-refractivity contribution in [3.05, 3.63) is 48.2 Å². The maximum absolute atomic E-state index is 12.4. The van der Waals surface area contributed by atoms with Crippen LogP contribution in [0.15, 0.2) is 36.8 Å². The normalized spacial score (nSPS) is 25.6. The molecule has 1 saturated heterocycles. The number of nitrogens with zero attached hydrogens (tertiary/aromatic N) is 3. The fraction of sp³-hybridized carbons (Fsp3) is 0.500. The van der Waals surface area contributed by atoms with Crippen LogP contribution >= 0.6 is 0 Å². The summed E-state index contributed by atoms with van der Waals surface area (Å²) in [5.41, 5.74) is 10.6. The standard InChI is InChI=1S/C24H31N7O/c1-24(2,3)11-20(32)27-16-9-15(12-25-13-16)14-6-7-18-17(10-14)21(31-30-18)23-28-19-5-4-8-26-22(19)29-23/h4-5,8-9,12-14,17-18,21,30-31H,6-7,10-11H2,1-3H3,(H,27,32)(H,26,28,29). The van der Waals surface area contributed by atoms with Crippen LogP contribution in [-0.4, -0.2) is 31.9 Å². The topological polar surface area (TPSA) is 108 Å². The Morgan fingerprint density at radius 3 is 2.91 bits per heavy atom. The fourth-order valence-corrected chi connectivity index (χ4v) is 5.08. The summed E-state index contributed by atoms with van der Waals surface area (Å²) in [6, 6.07) is 6.55. The fourth-order valence-electron chi connectivity index (χ4n) is 5.08. The molecule has 4 heterocycles. The molecule has 5 rings (SSSR count). The van der Waals surface area contributed by atoms with Crippen LogP contribution in [0.4, 0.5) is 5.69 Å². The predicted octanol–water partition coefficient (Wildman–Crippen LogP) is 3.83. The molecule has 8 nitrogen and oxygen atoms in total. The van der Waals surface area contributed by atoms with E-state index in [2.05, 4.69) is 58.0 Å². The molecular formula is C24H31N7O. The second kappa shape index (κ2) is 8.26. The highest BCUT2D eigenvalue weighted by Gasteiger charge is 2.42. The number of anilines is 1. The molecule has 0 aromatic carbocycles. The van der Waals surface area contributed by atoms with Crippen molar-refractivity contribution < 1.29 is 4.79 Å². The van der Waals surface area contributed by atoms with Crippen LogP contribution in [0.1, 0.15) is 69.8 Å². The van der Waals surface area contributed by atoms with Crippen molar-refractivity contribution >= 4 is 22.8 Å². The van der Waals surface area contributed by atoms with Gasteiger partial charge in [0, 0.05) is 24.9 Å². The van der Waals surface area contributed by atoms with Gasteiger partial charge in [-0.3, -0.25) is 15.2 Å². The minimum Gasteiger partial charge on any atom is -0.339 e. The molecule has 4 N–H and O–H groups in total. The van der Waals surface area contributed by atoms with Crippen LogP contribution in [-0.2, 0) is 4.79 Å². The van der Waals surface area contributed by atoms with Crippen molar-refractivity contribution in [2.24, 2.45) is 11.3 Å². The summed E-state index contributed by atoms with van der Waals surface area (Å²) in [6.45, 7) is 6.20. The molecule has 4 atom stereocenters. The minimum absolute atomic E-state index is 0.0305. The SMILES string of the molecule is CC(C)(C)CC(=O)Nc1cncc(C2CCC3NNC(c4nc5ncccc5[nH]4)C3C2)c1. The number of aromatic nitrogens is 4. The first kappa shape index (κ1) is 21.0. The Morgan fingerprint density at radius 2 is 2.09 bits per heavy atom. The molecule has 1 aliphatic carbocycles. The number of hydrogen-bond acceptors (Lipinski definition) is 6. The average Bonchev–Trinajstić information content (AvgIpc) is 3.35. The molecule has 1 aliphatic heterocycles. The molecule has 168 valence electrons. The number of fused-ring (bicyclic) bond motifs is 2. The Hall–Kier alpha value is -2.84. The van der Waals surface area contributed by atoms with Gasteiger partial charge in [-0.2, -0.15) is 0 Å². The van der Waals surface area contributed by atoms with E-state index in [1.165, 1.54) is 5.56 Å². The third-order valence-electron chi connectivity index (χ3n) is 6.53. The predicted molar refractivity (Wildman–Crippen MR) is 124 cm³/mol. The van der Waals surface area contributed by atoms with E-state index in [-0.39, 0.29) is 17.4 Å². The molecule has 32 heavy (non-hydrogen) atoms. The third-order valence-corrected chi connectivity index (χ3v) is 6.53. The molecule has 4 unspecified atom stereocenters. The van der Waals surface area contributed by atoms with E-state index in [0.717, 1.165) is 41.9 Å². The zero-order chi connectivity index (χ0) is 22.3. The van der Waals surface area contributed by atoms with Gasteiger partial charge in [-0.15, -0.1) is 0 Å². The maximum Gasteiger partial charge on any atom is 0.224 e. The lowest BCUT2D eigenvalue weighted by Gasteiger charge is -2.33. The lowest BCUT2D eigenvalue weighted by atomic mass is 9.73. The van der Waals surface area contributed by atoms with Crippen LogP contribution in [0.3, 0.4) is 0 Å². The Bertz CT molecular complexity index is 1090. The van der Waals surface area contributed by atoms with Gasteiger partial charge in [-0.05, 0) is 60.3 Å². The smallest absolute Gasteiger partial charge is 0.224 e.